The molecule has 0 aromatic heterocycles. The number of hydrogen-bond acceptors (Lipinski definition) is 3. The van der Waals surface area contributed by atoms with Crippen molar-refractivity contribution in [1.29, 1.82) is 0 Å². The first-order chi connectivity index (χ1) is 8.41. The topological polar surface area (TPSA) is 58.4 Å². The summed E-state index contributed by atoms with van der Waals surface area (Å²) in [7, 11) is 3.49. The van der Waals surface area contributed by atoms with Crippen molar-refractivity contribution in [2.75, 3.05) is 31.7 Å². The van der Waals surface area contributed by atoms with E-state index in [2.05, 4.69) is 12.2 Å². The Labute approximate surface area is 108 Å². The van der Waals surface area contributed by atoms with Gasteiger partial charge in [0.1, 0.15) is 0 Å². The van der Waals surface area contributed by atoms with Crippen LogP contribution in [0.1, 0.15) is 30.1 Å². The van der Waals surface area contributed by atoms with Crippen molar-refractivity contribution in [3.05, 3.63) is 23.8 Å². The normalized spacial score (nSPS) is 16.2. The molecule has 0 saturated heterocycles. The zero-order valence-corrected chi connectivity index (χ0v) is 11.3. The fourth-order valence-electron chi connectivity index (χ4n) is 1.80. The number of nitrogens with two attached hydrogens (primary N) is 1. The molecule has 18 heavy (non-hydrogen) atoms. The number of rotatable bonds is 4. The molecule has 1 amide bonds. The van der Waals surface area contributed by atoms with Crippen LogP contribution in [0.25, 0.3) is 0 Å². The highest BCUT2D eigenvalue weighted by atomic mass is 16.2. The van der Waals surface area contributed by atoms with Crippen LogP contribution < -0.4 is 11.1 Å². The van der Waals surface area contributed by atoms with Gasteiger partial charge in [-0.05, 0) is 36.5 Å². The summed E-state index contributed by atoms with van der Waals surface area (Å²) in [5.74, 6) is -0.00400. The smallest absolute Gasteiger partial charge is 0.253 e. The molecule has 4 heteroatoms. The fourth-order valence-corrected chi connectivity index (χ4v) is 1.80. The Hall–Kier alpha value is -1.71. The van der Waals surface area contributed by atoms with Crippen LogP contribution in [-0.2, 0) is 0 Å². The minimum atomic E-state index is -0.00400. The third-order valence-corrected chi connectivity index (χ3v) is 3.52. The van der Waals surface area contributed by atoms with E-state index in [-0.39, 0.29) is 5.91 Å². The lowest BCUT2D eigenvalue weighted by atomic mass is 10.1. The lowest BCUT2D eigenvalue weighted by molar-refractivity contribution is 0.0827. The van der Waals surface area contributed by atoms with E-state index >= 15 is 0 Å². The summed E-state index contributed by atoms with van der Waals surface area (Å²) in [6.45, 7) is 3.17. The molecule has 0 heterocycles. The van der Waals surface area contributed by atoms with Crippen LogP contribution in [0.2, 0.25) is 0 Å². The van der Waals surface area contributed by atoms with Crippen LogP contribution in [0, 0.1) is 5.41 Å². The summed E-state index contributed by atoms with van der Waals surface area (Å²) >= 11 is 0. The summed E-state index contributed by atoms with van der Waals surface area (Å²) in [5, 5.41) is 3.35. The van der Waals surface area contributed by atoms with Gasteiger partial charge in [-0.3, -0.25) is 4.79 Å². The Morgan fingerprint density at radius 2 is 2.11 bits per heavy atom. The Kier molecular flexibility index (Phi) is 3.20. The van der Waals surface area contributed by atoms with Crippen molar-refractivity contribution in [3.63, 3.8) is 0 Å². The molecule has 1 aliphatic rings. The summed E-state index contributed by atoms with van der Waals surface area (Å²) in [5.41, 5.74) is 8.55. The summed E-state index contributed by atoms with van der Waals surface area (Å²) in [6.07, 6.45) is 2.52. The van der Waals surface area contributed by atoms with E-state index in [9.17, 15) is 4.79 Å². The molecule has 1 saturated carbocycles. The molecule has 0 spiro atoms. The lowest BCUT2D eigenvalue weighted by Crippen LogP contribution is -2.22. The molecule has 1 aromatic rings. The summed E-state index contributed by atoms with van der Waals surface area (Å²) < 4.78 is 0. The molecule has 1 fully saturated rings. The third kappa shape index (κ3) is 2.75. The first kappa shape index (κ1) is 12.7. The fraction of sp³-hybridized carbons (Fsp3) is 0.500. The number of nitrogens with zero attached hydrogens (tertiary/aromatic N) is 1. The highest BCUT2D eigenvalue weighted by Crippen LogP contribution is 2.45. The first-order valence-electron chi connectivity index (χ1n) is 6.26. The van der Waals surface area contributed by atoms with Crippen molar-refractivity contribution in [2.45, 2.75) is 19.8 Å². The van der Waals surface area contributed by atoms with Gasteiger partial charge < -0.3 is 16.0 Å². The highest BCUT2D eigenvalue weighted by molar-refractivity contribution is 5.95. The number of amides is 1. The molecule has 0 radical (unpaired) electrons. The van der Waals surface area contributed by atoms with Crippen molar-refractivity contribution >= 4 is 17.3 Å². The van der Waals surface area contributed by atoms with Gasteiger partial charge in [0.25, 0.3) is 5.91 Å². The van der Waals surface area contributed by atoms with Crippen LogP contribution in [0.4, 0.5) is 11.4 Å². The zero-order valence-electron chi connectivity index (χ0n) is 11.3. The van der Waals surface area contributed by atoms with Gasteiger partial charge in [-0.1, -0.05) is 6.92 Å². The van der Waals surface area contributed by atoms with Gasteiger partial charge in [0.2, 0.25) is 0 Å². The maximum atomic E-state index is 11.9. The average Bonchev–Trinajstić information content (AvgIpc) is 3.06. The number of benzene rings is 1. The molecule has 1 aliphatic carbocycles. The van der Waals surface area contributed by atoms with Crippen LogP contribution >= 0.6 is 0 Å². The minimum Gasteiger partial charge on any atom is -0.397 e. The molecule has 1 aromatic carbocycles. The molecule has 3 N–H and O–H groups in total. The van der Waals surface area contributed by atoms with E-state index < -0.39 is 0 Å². The second-order valence-corrected chi connectivity index (χ2v) is 5.67. The first-order valence-corrected chi connectivity index (χ1v) is 6.26. The second-order valence-electron chi connectivity index (χ2n) is 5.67. The Morgan fingerprint density at radius 3 is 2.67 bits per heavy atom. The molecular formula is C14H21N3O. The van der Waals surface area contributed by atoms with Crippen molar-refractivity contribution in [1.82, 2.24) is 4.90 Å². The number of nitrogen functional groups attached to an aromatic ring is 1. The van der Waals surface area contributed by atoms with E-state index in [1.54, 1.807) is 31.1 Å². The minimum absolute atomic E-state index is 0.00400. The maximum absolute atomic E-state index is 11.9. The number of nitrogens with one attached hydrogen (secondary N) is 1. The second kappa shape index (κ2) is 4.52. The van der Waals surface area contributed by atoms with E-state index in [0.717, 1.165) is 12.2 Å². The van der Waals surface area contributed by atoms with Crippen LogP contribution in [-0.4, -0.2) is 31.4 Å². The largest absolute Gasteiger partial charge is 0.397 e. The molecule has 2 rings (SSSR count). The average molecular weight is 247 g/mol. The van der Waals surface area contributed by atoms with Gasteiger partial charge in [0.05, 0.1) is 11.4 Å². The van der Waals surface area contributed by atoms with Crippen molar-refractivity contribution in [2.24, 2.45) is 5.41 Å². The van der Waals surface area contributed by atoms with Crippen LogP contribution in [0.15, 0.2) is 18.2 Å². The molecular weight excluding hydrogens is 226 g/mol. The maximum Gasteiger partial charge on any atom is 0.253 e. The van der Waals surface area contributed by atoms with Crippen molar-refractivity contribution < 1.29 is 4.79 Å². The third-order valence-electron chi connectivity index (χ3n) is 3.52. The standard InChI is InChI=1S/C14H21N3O/c1-14(6-7-14)9-16-12-8-10(4-5-11(12)15)13(18)17(2)3/h4-5,8,16H,6-7,9,15H2,1-3H3. The molecule has 0 aliphatic heterocycles. The molecule has 98 valence electrons. The van der Waals surface area contributed by atoms with Crippen molar-refractivity contribution in [3.8, 4) is 0 Å². The molecule has 0 unspecified atom stereocenters. The van der Waals surface area contributed by atoms with Gasteiger partial charge in [-0.15, -0.1) is 0 Å². The summed E-state index contributed by atoms with van der Waals surface area (Å²) in [6, 6.07) is 5.39. The number of carbonyl (C=O) groups is 1. The quantitative estimate of drug-likeness (QED) is 0.802. The van der Waals surface area contributed by atoms with Gasteiger partial charge in [0.15, 0.2) is 0 Å². The number of anilines is 2. The van der Waals surface area contributed by atoms with Crippen LogP contribution in [0.5, 0.6) is 0 Å². The van der Waals surface area contributed by atoms with Crippen LogP contribution in [0.3, 0.4) is 0 Å². The Bertz CT molecular complexity index is 464. The van der Waals surface area contributed by atoms with E-state index in [1.165, 1.54) is 12.8 Å². The molecule has 0 atom stereocenters. The predicted octanol–water partition coefficient (Wildman–Crippen LogP) is 2.18. The summed E-state index contributed by atoms with van der Waals surface area (Å²) in [4.78, 5) is 13.4. The monoisotopic (exact) mass is 247 g/mol. The van der Waals surface area contributed by atoms with Gasteiger partial charge in [-0.25, -0.2) is 0 Å². The van der Waals surface area contributed by atoms with Gasteiger partial charge >= 0.3 is 0 Å². The highest BCUT2D eigenvalue weighted by Gasteiger charge is 2.36. The number of carbonyl (C=O) groups excluding carboxylic acids is 1. The molecule has 0 bridgehead atoms. The zero-order chi connectivity index (χ0) is 13.3. The predicted molar refractivity (Wildman–Crippen MR) is 74.7 cm³/mol. The van der Waals surface area contributed by atoms with E-state index in [4.69, 9.17) is 5.73 Å². The van der Waals surface area contributed by atoms with E-state index in [1.807, 2.05) is 6.07 Å². The van der Waals surface area contributed by atoms with E-state index in [0.29, 0.717) is 16.7 Å². The van der Waals surface area contributed by atoms with Gasteiger partial charge in [-0.2, -0.15) is 0 Å². The molecule has 4 nitrogen and oxygen atoms in total. The Morgan fingerprint density at radius 1 is 1.44 bits per heavy atom. The Balaban J connectivity index is 2.13. The SMILES string of the molecule is CN(C)C(=O)c1ccc(N)c(NCC2(C)CC2)c1. The lowest BCUT2D eigenvalue weighted by Gasteiger charge is -2.16. The number of hydrogen-bond donors (Lipinski definition) is 2. The van der Waals surface area contributed by atoms with Gasteiger partial charge in [0, 0.05) is 26.2 Å².